The summed E-state index contributed by atoms with van der Waals surface area (Å²) < 4.78 is 3.25. The van der Waals surface area contributed by atoms with E-state index in [4.69, 9.17) is 0 Å². The Hall–Kier alpha value is -6.14. The van der Waals surface area contributed by atoms with Crippen LogP contribution in [0.25, 0.3) is 55.2 Å². The molecule has 0 N–H and O–H groups in total. The molecule has 0 aliphatic carbocycles. The Kier molecular flexibility index (Phi) is 11.4. The van der Waals surface area contributed by atoms with Gasteiger partial charge in [0.05, 0.1) is 32.8 Å². The molecule has 12 nitrogen and oxygen atoms in total. The van der Waals surface area contributed by atoms with Gasteiger partial charge >= 0.3 is 17.5 Å². The number of rotatable bonds is 4. The van der Waals surface area contributed by atoms with E-state index in [-0.39, 0.29) is 22.5 Å². The van der Waals surface area contributed by atoms with Crippen molar-refractivity contribution in [1.29, 1.82) is 0 Å². The molecule has 1 aliphatic rings. The van der Waals surface area contributed by atoms with Crippen molar-refractivity contribution in [3.05, 3.63) is 122 Å². The molecule has 0 bridgehead atoms. The number of hydrogen-bond acceptors (Lipinski definition) is 7. The SMILES string of the molecule is CC(C)(C)c1ccc2c(-c3ccc(-c4nn(C(C)(C)C)c(=O)n(C(C)(C)C)[n+]4=O)cc3)c3cc(C(C)(C)C)ccc3c(-c3ccc(C4=NN(C(C)(C)C)C(=O)N(C(C)(C)C)N4[O-])cc3)c2c1. The van der Waals surface area contributed by atoms with Gasteiger partial charge in [-0.25, -0.2) is 19.6 Å². The number of carbonyl (C=O) groups excluding carboxylic acids is 1. The molecule has 1 aliphatic heterocycles. The molecule has 6 aromatic rings. The number of amides is 2. The summed E-state index contributed by atoms with van der Waals surface area (Å²) >= 11 is 0. The van der Waals surface area contributed by atoms with E-state index < -0.39 is 33.9 Å². The van der Waals surface area contributed by atoms with Crippen molar-refractivity contribution in [2.75, 3.05) is 0 Å². The van der Waals surface area contributed by atoms with Gasteiger partial charge in [0, 0.05) is 5.56 Å². The highest BCUT2D eigenvalue weighted by molar-refractivity contribution is 6.22. The molecule has 66 heavy (non-hydrogen) atoms. The van der Waals surface area contributed by atoms with Crippen LogP contribution in [0.1, 0.15) is 141 Å². The van der Waals surface area contributed by atoms with E-state index >= 15 is 0 Å². The molecule has 2 amide bonds. The van der Waals surface area contributed by atoms with Crippen LogP contribution in [0.4, 0.5) is 4.79 Å². The van der Waals surface area contributed by atoms with E-state index in [0.29, 0.717) is 20.8 Å². The average molecular weight is 893 g/mol. The number of urea groups is 1. The van der Waals surface area contributed by atoms with Gasteiger partial charge in [-0.15, -0.1) is 14.5 Å². The maximum atomic E-state index is 14.0. The van der Waals surface area contributed by atoms with Crippen molar-refractivity contribution < 1.29 is 9.34 Å². The quantitative estimate of drug-likeness (QED) is 0.128. The Morgan fingerprint density at radius 1 is 0.500 bits per heavy atom. The number of hydrazine groups is 1. The number of benzene rings is 5. The van der Waals surface area contributed by atoms with Crippen LogP contribution in [-0.4, -0.2) is 52.6 Å². The van der Waals surface area contributed by atoms with Crippen LogP contribution < -0.4 is 10.2 Å². The summed E-state index contributed by atoms with van der Waals surface area (Å²) in [7, 11) is 0. The Morgan fingerprint density at radius 2 is 0.924 bits per heavy atom. The largest absolute Gasteiger partial charge is 0.737 e. The Labute approximate surface area is 389 Å². The van der Waals surface area contributed by atoms with Crippen LogP contribution in [0.5, 0.6) is 0 Å². The lowest BCUT2D eigenvalue weighted by Crippen LogP contribution is -2.64. The van der Waals surface area contributed by atoms with Gasteiger partial charge in [0.1, 0.15) is 4.54 Å². The first kappa shape index (κ1) is 47.8. The number of nitrogens with zero attached hydrogens (tertiary/aromatic N) is 8. The van der Waals surface area contributed by atoms with Gasteiger partial charge in [-0.3, -0.25) is 0 Å². The highest BCUT2D eigenvalue weighted by Crippen LogP contribution is 2.46. The summed E-state index contributed by atoms with van der Waals surface area (Å²) in [6.07, 6.45) is 0. The normalized spacial score (nSPS) is 14.7. The van der Waals surface area contributed by atoms with Crippen LogP contribution in [0.2, 0.25) is 0 Å². The van der Waals surface area contributed by atoms with E-state index in [1.165, 1.54) is 30.5 Å². The second kappa shape index (κ2) is 15.7. The Bertz CT molecular complexity index is 3050. The van der Waals surface area contributed by atoms with E-state index in [2.05, 4.69) is 88.1 Å². The van der Waals surface area contributed by atoms with Gasteiger partial charge in [0.15, 0.2) is 5.84 Å². The number of fused-ring (bicyclic) bond motifs is 2. The first-order chi connectivity index (χ1) is 30.2. The minimum absolute atomic E-state index is 0.132. The third-order valence-electron chi connectivity index (χ3n) is 12.1. The maximum absolute atomic E-state index is 14.0. The number of hydroxylamine groups is 1. The lowest BCUT2D eigenvalue weighted by Gasteiger charge is -2.54. The van der Waals surface area contributed by atoms with E-state index in [1.807, 2.05) is 132 Å². The highest BCUT2D eigenvalue weighted by Gasteiger charge is 2.42. The molecule has 1 aromatic heterocycles. The van der Waals surface area contributed by atoms with Gasteiger partial charge in [-0.05, 0) is 178 Å². The molecule has 5 aromatic carbocycles. The lowest BCUT2D eigenvalue weighted by molar-refractivity contribution is -0.605. The smallest absolute Gasteiger partial charge is 0.420 e. The lowest BCUT2D eigenvalue weighted by atomic mass is 9.79. The van der Waals surface area contributed by atoms with Crippen LogP contribution in [0.15, 0.2) is 94.8 Å². The molecule has 0 radical (unpaired) electrons. The monoisotopic (exact) mass is 893 g/mol. The fraction of sp³-hybridized carbons (Fsp3) is 0.444. The van der Waals surface area contributed by atoms with Crippen LogP contribution in [0, 0.1) is 10.1 Å². The van der Waals surface area contributed by atoms with Crippen molar-refractivity contribution in [2.24, 2.45) is 5.10 Å². The van der Waals surface area contributed by atoms with Crippen molar-refractivity contribution in [3.63, 3.8) is 0 Å². The summed E-state index contributed by atoms with van der Waals surface area (Å²) in [6.45, 7) is 35.7. The minimum Gasteiger partial charge on any atom is -0.737 e. The van der Waals surface area contributed by atoms with Gasteiger partial charge in [0.25, 0.3) is 0 Å². The first-order valence-electron chi connectivity index (χ1n) is 22.9. The van der Waals surface area contributed by atoms with Gasteiger partial charge in [0.2, 0.25) is 0 Å². The molecule has 0 fully saturated rings. The van der Waals surface area contributed by atoms with Gasteiger partial charge in [-0.2, -0.15) is 0 Å². The molecule has 12 heteroatoms. The molecule has 0 saturated carbocycles. The summed E-state index contributed by atoms with van der Waals surface area (Å²) in [5.41, 5.74) is 3.82. The zero-order valence-electron chi connectivity index (χ0n) is 42.3. The van der Waals surface area contributed by atoms with Crippen LogP contribution >= 0.6 is 0 Å². The molecule has 0 unspecified atom stereocenters. The van der Waals surface area contributed by atoms with E-state index in [0.717, 1.165) is 43.8 Å². The topological polar surface area (TPSA) is 125 Å². The van der Waals surface area contributed by atoms with Crippen molar-refractivity contribution in [2.45, 2.75) is 158 Å². The molecule has 0 saturated heterocycles. The van der Waals surface area contributed by atoms with E-state index in [1.54, 1.807) is 0 Å². The number of hydrazone groups is 1. The van der Waals surface area contributed by atoms with E-state index in [9.17, 15) is 19.7 Å². The fourth-order valence-electron chi connectivity index (χ4n) is 8.56. The highest BCUT2D eigenvalue weighted by atomic mass is 16.6. The predicted octanol–water partition coefficient (Wildman–Crippen LogP) is 12.1. The number of carbonyl (C=O) groups is 1. The predicted molar refractivity (Wildman–Crippen MR) is 269 cm³/mol. The van der Waals surface area contributed by atoms with Crippen LogP contribution in [-0.2, 0) is 21.9 Å². The molecule has 7 rings (SSSR count). The van der Waals surface area contributed by atoms with Gasteiger partial charge in [-0.1, -0.05) is 102 Å². The zero-order chi connectivity index (χ0) is 49.0. The number of aromatic nitrogens is 4. The van der Waals surface area contributed by atoms with Gasteiger partial charge < -0.3 is 10.4 Å². The van der Waals surface area contributed by atoms with Crippen molar-refractivity contribution in [3.8, 4) is 33.6 Å². The molecule has 2 heterocycles. The third kappa shape index (κ3) is 8.56. The zero-order valence-corrected chi connectivity index (χ0v) is 42.3. The summed E-state index contributed by atoms with van der Waals surface area (Å²) in [5.74, 6) is 0.264. The number of amidine groups is 1. The summed E-state index contributed by atoms with van der Waals surface area (Å²) in [6, 6.07) is 28.8. The third-order valence-corrected chi connectivity index (χ3v) is 12.1. The maximum Gasteiger partial charge on any atom is 0.420 e. The van der Waals surface area contributed by atoms with Crippen molar-refractivity contribution >= 4 is 33.4 Å². The molecule has 348 valence electrons. The first-order valence-corrected chi connectivity index (χ1v) is 22.9. The number of hydrogen-bond donors (Lipinski definition) is 0. The fourth-order valence-corrected chi connectivity index (χ4v) is 8.56. The Balaban J connectivity index is 1.49. The molecule has 0 atom stereocenters. The standard InChI is InChI=1S/C54H68N8O4/c1-49(2,3)37-27-29-39-41(31-37)43(33-19-23-35(24-20-33)45-55-57(51(7,8)9)47(63)59(61(45)65)53(13,14)15)40-30-28-38(50(4,5)6)32-42(40)44(39)34-21-25-36(26-22-34)46-56-58(52(10,11)12)48(64)60(62(46)66)54(16,17)18/h19-32H,1-18H3. The Morgan fingerprint density at radius 3 is 1.30 bits per heavy atom. The second-order valence-corrected chi connectivity index (χ2v) is 23.8. The summed E-state index contributed by atoms with van der Waals surface area (Å²) in [4.78, 5) is 41.4. The molecule has 0 spiro atoms. The molecular weight excluding hydrogens is 825 g/mol. The van der Waals surface area contributed by atoms with Crippen molar-refractivity contribution in [1.82, 2.24) is 29.7 Å². The average Bonchev–Trinajstić information content (AvgIpc) is 3.17. The summed E-state index contributed by atoms with van der Waals surface area (Å²) in [5, 5.41) is 30.9. The minimum atomic E-state index is -0.804. The molecular formula is C54H68N8O4. The van der Waals surface area contributed by atoms with Crippen LogP contribution in [0.3, 0.4) is 0 Å². The second-order valence-electron chi connectivity index (χ2n) is 23.8.